The second-order valence-corrected chi connectivity index (χ2v) is 7.59. The number of benzene rings is 2. The highest BCUT2D eigenvalue weighted by Gasteiger charge is 2.38. The average Bonchev–Trinajstić information content (AvgIpc) is 2.67. The van der Waals surface area contributed by atoms with Gasteiger partial charge in [-0.3, -0.25) is 4.79 Å². The van der Waals surface area contributed by atoms with Crippen molar-refractivity contribution in [2.75, 3.05) is 13.2 Å². The summed E-state index contributed by atoms with van der Waals surface area (Å²) in [6.45, 7) is 4.80. The molecule has 1 aliphatic heterocycles. The lowest BCUT2D eigenvalue weighted by molar-refractivity contribution is -0.0732. The average molecular weight is 391 g/mol. The quantitative estimate of drug-likeness (QED) is 0.727. The Hall–Kier alpha value is -1.75. The first kappa shape index (κ1) is 20.0. The van der Waals surface area contributed by atoms with Gasteiger partial charge in [0.05, 0.1) is 11.2 Å². The van der Waals surface area contributed by atoms with Crippen molar-refractivity contribution in [1.82, 2.24) is 0 Å². The smallest absolute Gasteiger partial charge is 0.196 e. The molecule has 27 heavy (non-hydrogen) atoms. The molecule has 0 bridgehead atoms. The zero-order chi connectivity index (χ0) is 19.6. The summed E-state index contributed by atoms with van der Waals surface area (Å²) >= 11 is 5.86. The van der Waals surface area contributed by atoms with Crippen molar-refractivity contribution in [3.63, 3.8) is 0 Å². The highest BCUT2D eigenvalue weighted by atomic mass is 35.5. The van der Waals surface area contributed by atoms with Gasteiger partial charge in [-0.2, -0.15) is 0 Å². The van der Waals surface area contributed by atoms with E-state index in [0.717, 1.165) is 12.8 Å². The van der Waals surface area contributed by atoms with Crippen molar-refractivity contribution in [3.8, 4) is 0 Å². The van der Waals surface area contributed by atoms with E-state index < -0.39 is 11.4 Å². The molecule has 0 spiro atoms. The van der Waals surface area contributed by atoms with Crippen LogP contribution in [0.25, 0.3) is 0 Å². The molecule has 0 saturated carbocycles. The Kier molecular flexibility index (Phi) is 5.99. The summed E-state index contributed by atoms with van der Waals surface area (Å²) < 4.78 is 20.4. The SMILES string of the molecule is CC[C@@](O)(c1cc(C)c(C(=O)c2ccc(Cl)cc2)c(F)c1)C1CCOCC1. The number of ether oxygens (including phenoxy) is 1. The fraction of sp³-hybridized carbons (Fsp3) is 0.409. The molecule has 0 aromatic heterocycles. The molecule has 1 heterocycles. The number of ketones is 1. The maximum atomic E-state index is 15.0. The molecule has 3 rings (SSSR count). The molecule has 1 saturated heterocycles. The number of hydrogen-bond acceptors (Lipinski definition) is 3. The fourth-order valence-corrected chi connectivity index (χ4v) is 4.06. The topological polar surface area (TPSA) is 46.5 Å². The van der Waals surface area contributed by atoms with Crippen LogP contribution in [0.3, 0.4) is 0 Å². The molecular formula is C22H24ClFO3. The van der Waals surface area contributed by atoms with Gasteiger partial charge in [-0.05, 0) is 73.6 Å². The molecular weight excluding hydrogens is 367 g/mol. The van der Waals surface area contributed by atoms with Gasteiger partial charge in [-0.1, -0.05) is 24.6 Å². The van der Waals surface area contributed by atoms with Crippen LogP contribution in [0.4, 0.5) is 4.39 Å². The van der Waals surface area contributed by atoms with Crippen LogP contribution in [0.2, 0.25) is 5.02 Å². The number of aliphatic hydroxyl groups is 1. The van der Waals surface area contributed by atoms with Gasteiger partial charge in [0.1, 0.15) is 5.82 Å². The van der Waals surface area contributed by atoms with E-state index in [1.807, 2.05) is 6.92 Å². The third-order valence-corrected chi connectivity index (χ3v) is 5.81. The van der Waals surface area contributed by atoms with Crippen molar-refractivity contribution in [1.29, 1.82) is 0 Å². The number of halogens is 2. The Balaban J connectivity index is 1.98. The number of carbonyl (C=O) groups is 1. The molecule has 1 fully saturated rings. The van der Waals surface area contributed by atoms with Gasteiger partial charge in [0.2, 0.25) is 0 Å². The number of aryl methyl sites for hydroxylation is 1. The molecule has 1 atom stereocenters. The number of hydrogen-bond donors (Lipinski definition) is 1. The monoisotopic (exact) mass is 390 g/mol. The lowest BCUT2D eigenvalue weighted by Gasteiger charge is -2.38. The lowest BCUT2D eigenvalue weighted by atomic mass is 9.74. The van der Waals surface area contributed by atoms with E-state index >= 15 is 0 Å². The van der Waals surface area contributed by atoms with Crippen molar-refractivity contribution in [3.05, 3.63) is 69.5 Å². The molecule has 2 aromatic rings. The fourth-order valence-electron chi connectivity index (χ4n) is 3.93. The summed E-state index contributed by atoms with van der Waals surface area (Å²) in [5.41, 5.74) is 0.330. The molecule has 144 valence electrons. The van der Waals surface area contributed by atoms with E-state index in [2.05, 4.69) is 0 Å². The molecule has 0 unspecified atom stereocenters. The van der Waals surface area contributed by atoms with E-state index in [-0.39, 0.29) is 17.3 Å². The van der Waals surface area contributed by atoms with E-state index in [4.69, 9.17) is 16.3 Å². The first-order valence-electron chi connectivity index (χ1n) is 9.27. The molecule has 3 nitrogen and oxygen atoms in total. The van der Waals surface area contributed by atoms with Gasteiger partial charge < -0.3 is 9.84 Å². The second-order valence-electron chi connectivity index (χ2n) is 7.15. The largest absolute Gasteiger partial charge is 0.385 e. The minimum atomic E-state index is -1.13. The third-order valence-electron chi connectivity index (χ3n) is 5.56. The van der Waals surface area contributed by atoms with E-state index in [0.29, 0.717) is 41.3 Å². The lowest BCUT2D eigenvalue weighted by Crippen LogP contribution is -2.38. The van der Waals surface area contributed by atoms with Crippen LogP contribution in [-0.4, -0.2) is 24.1 Å². The van der Waals surface area contributed by atoms with Crippen molar-refractivity contribution in [2.24, 2.45) is 5.92 Å². The van der Waals surface area contributed by atoms with E-state index in [9.17, 15) is 14.3 Å². The van der Waals surface area contributed by atoms with Crippen molar-refractivity contribution < 1.29 is 19.0 Å². The van der Waals surface area contributed by atoms with Crippen LogP contribution in [0.15, 0.2) is 36.4 Å². The van der Waals surface area contributed by atoms with Gasteiger partial charge in [-0.15, -0.1) is 0 Å². The molecule has 1 N–H and O–H groups in total. The molecule has 5 heteroatoms. The first-order valence-corrected chi connectivity index (χ1v) is 9.65. The van der Waals surface area contributed by atoms with Crippen LogP contribution >= 0.6 is 11.6 Å². The Bertz CT molecular complexity index is 805. The van der Waals surface area contributed by atoms with Crippen molar-refractivity contribution >= 4 is 17.4 Å². The summed E-state index contributed by atoms with van der Waals surface area (Å²) in [6, 6.07) is 9.44. The summed E-state index contributed by atoms with van der Waals surface area (Å²) in [7, 11) is 0. The third kappa shape index (κ3) is 3.93. The van der Waals surface area contributed by atoms with Crippen LogP contribution in [0, 0.1) is 18.7 Å². The summed E-state index contributed by atoms with van der Waals surface area (Å²) in [5, 5.41) is 11.8. The van der Waals surface area contributed by atoms with Gasteiger partial charge in [0, 0.05) is 23.8 Å². The van der Waals surface area contributed by atoms with Crippen LogP contribution in [0.5, 0.6) is 0 Å². The number of rotatable bonds is 5. The minimum Gasteiger partial charge on any atom is -0.385 e. The summed E-state index contributed by atoms with van der Waals surface area (Å²) in [4.78, 5) is 12.8. The van der Waals surface area contributed by atoms with Crippen LogP contribution in [0.1, 0.15) is 53.2 Å². The zero-order valence-electron chi connectivity index (χ0n) is 15.6. The normalized spacial score (nSPS) is 17.5. The van der Waals surface area contributed by atoms with Gasteiger partial charge in [0.15, 0.2) is 5.78 Å². The predicted molar refractivity (Wildman–Crippen MR) is 104 cm³/mol. The summed E-state index contributed by atoms with van der Waals surface area (Å²) in [5.74, 6) is -0.990. The van der Waals surface area contributed by atoms with Crippen LogP contribution < -0.4 is 0 Å². The Morgan fingerprint density at radius 2 is 1.89 bits per heavy atom. The maximum absolute atomic E-state index is 15.0. The first-order chi connectivity index (χ1) is 12.9. The number of carbonyl (C=O) groups excluding carboxylic acids is 1. The molecule has 0 aliphatic carbocycles. The van der Waals surface area contributed by atoms with Crippen LogP contribution in [-0.2, 0) is 10.3 Å². The molecule has 0 amide bonds. The Morgan fingerprint density at radius 1 is 1.26 bits per heavy atom. The zero-order valence-corrected chi connectivity index (χ0v) is 16.4. The standard InChI is InChI=1S/C22H24ClFO3/c1-3-22(26,16-8-10-27-11-9-16)17-12-14(2)20(19(24)13-17)21(25)15-4-6-18(23)7-5-15/h4-7,12-13,16,26H,3,8-11H2,1-2H3/t22-/m0/s1. The maximum Gasteiger partial charge on any atom is 0.196 e. The van der Waals surface area contributed by atoms with E-state index in [1.165, 1.54) is 6.07 Å². The van der Waals surface area contributed by atoms with Gasteiger partial charge in [-0.25, -0.2) is 4.39 Å². The summed E-state index contributed by atoms with van der Waals surface area (Å²) in [6.07, 6.45) is 1.94. The highest BCUT2D eigenvalue weighted by Crippen LogP contribution is 2.40. The Morgan fingerprint density at radius 3 is 2.44 bits per heavy atom. The predicted octanol–water partition coefficient (Wildman–Crippen LogP) is 5.04. The van der Waals surface area contributed by atoms with Gasteiger partial charge >= 0.3 is 0 Å². The minimum absolute atomic E-state index is 0.00728. The Labute approximate surface area is 164 Å². The van der Waals surface area contributed by atoms with Gasteiger partial charge in [0.25, 0.3) is 0 Å². The molecule has 0 radical (unpaired) electrons. The molecule has 1 aliphatic rings. The highest BCUT2D eigenvalue weighted by molar-refractivity contribution is 6.30. The van der Waals surface area contributed by atoms with Crippen molar-refractivity contribution in [2.45, 2.75) is 38.7 Å². The van der Waals surface area contributed by atoms with E-state index in [1.54, 1.807) is 37.3 Å². The molecule has 2 aromatic carbocycles. The second kappa shape index (κ2) is 8.09.